The van der Waals surface area contributed by atoms with Crippen molar-refractivity contribution >= 4 is 5.91 Å². The van der Waals surface area contributed by atoms with Gasteiger partial charge in [0.2, 0.25) is 5.91 Å². The van der Waals surface area contributed by atoms with E-state index in [2.05, 4.69) is 19.7 Å². The molecule has 2 saturated heterocycles. The highest BCUT2D eigenvalue weighted by atomic mass is 16.5. The highest BCUT2D eigenvalue weighted by Gasteiger charge is 2.29. The van der Waals surface area contributed by atoms with E-state index in [4.69, 9.17) is 4.74 Å². The predicted octanol–water partition coefficient (Wildman–Crippen LogP) is 0.157. The fourth-order valence-corrected chi connectivity index (χ4v) is 3.23. The maximum absolute atomic E-state index is 12.5. The molecule has 0 atom stereocenters. The van der Waals surface area contributed by atoms with Crippen molar-refractivity contribution in [3.63, 3.8) is 0 Å². The Bertz CT molecular complexity index is 490. The monoisotopic (exact) mass is 307 g/mol. The molecule has 3 heterocycles. The van der Waals surface area contributed by atoms with Gasteiger partial charge in [0, 0.05) is 32.1 Å². The molecule has 7 heteroatoms. The normalized spacial score (nSPS) is 21.2. The Morgan fingerprint density at radius 1 is 1.23 bits per heavy atom. The Hall–Kier alpha value is -1.47. The number of aromatic nitrogens is 3. The van der Waals surface area contributed by atoms with Gasteiger partial charge in [0.15, 0.2) is 0 Å². The lowest BCUT2D eigenvalue weighted by molar-refractivity contribution is -0.141. The molecule has 0 saturated carbocycles. The summed E-state index contributed by atoms with van der Waals surface area (Å²) in [5.41, 5.74) is 0. The molecule has 0 N–H and O–H groups in total. The summed E-state index contributed by atoms with van der Waals surface area (Å²) in [6.45, 7) is 8.77. The third-order valence-electron chi connectivity index (χ3n) is 4.73. The minimum atomic E-state index is 0.200. The van der Waals surface area contributed by atoms with Crippen molar-refractivity contribution in [3.05, 3.63) is 12.2 Å². The van der Waals surface area contributed by atoms with E-state index < -0.39 is 0 Å². The molecule has 0 aliphatic carbocycles. The molecule has 0 bridgehead atoms. The summed E-state index contributed by atoms with van der Waals surface area (Å²) >= 11 is 0. The molecule has 0 spiro atoms. The smallest absolute Gasteiger partial charge is 0.225 e. The van der Waals surface area contributed by atoms with Crippen molar-refractivity contribution in [2.45, 2.75) is 26.3 Å². The summed E-state index contributed by atoms with van der Waals surface area (Å²) in [5, 5.41) is 7.91. The number of carbonyl (C=O) groups is 1. The van der Waals surface area contributed by atoms with Crippen LogP contribution >= 0.6 is 0 Å². The van der Waals surface area contributed by atoms with E-state index in [0.717, 1.165) is 57.9 Å². The molecule has 1 aromatic rings. The third-order valence-corrected chi connectivity index (χ3v) is 4.73. The van der Waals surface area contributed by atoms with Gasteiger partial charge >= 0.3 is 0 Å². The van der Waals surface area contributed by atoms with E-state index in [-0.39, 0.29) is 5.92 Å². The van der Waals surface area contributed by atoms with Crippen LogP contribution in [0, 0.1) is 12.8 Å². The predicted molar refractivity (Wildman–Crippen MR) is 81.3 cm³/mol. The van der Waals surface area contributed by atoms with Gasteiger partial charge in [-0.3, -0.25) is 4.79 Å². The van der Waals surface area contributed by atoms with Gasteiger partial charge in [-0.2, -0.15) is 0 Å². The molecular weight excluding hydrogens is 282 g/mol. The lowest BCUT2D eigenvalue weighted by Gasteiger charge is -2.35. The van der Waals surface area contributed by atoms with Crippen LogP contribution in [0.5, 0.6) is 0 Å². The van der Waals surface area contributed by atoms with E-state index in [1.807, 2.05) is 11.8 Å². The summed E-state index contributed by atoms with van der Waals surface area (Å²) < 4.78 is 7.39. The first-order valence-electron chi connectivity index (χ1n) is 8.17. The number of likely N-dealkylation sites (tertiary alicyclic amines) is 1. The number of rotatable bonds is 4. The maximum Gasteiger partial charge on any atom is 0.225 e. The molecule has 0 aromatic carbocycles. The van der Waals surface area contributed by atoms with Gasteiger partial charge in [-0.1, -0.05) is 0 Å². The molecular formula is C15H25N5O2. The molecule has 1 aromatic heterocycles. The number of carbonyl (C=O) groups excluding carboxylic acids is 1. The molecule has 2 aliphatic heterocycles. The Morgan fingerprint density at radius 2 is 1.95 bits per heavy atom. The summed E-state index contributed by atoms with van der Waals surface area (Å²) in [7, 11) is 0. The van der Waals surface area contributed by atoms with Crippen LogP contribution in [-0.2, 0) is 16.1 Å². The first-order chi connectivity index (χ1) is 10.7. The Balaban J connectivity index is 1.42. The van der Waals surface area contributed by atoms with E-state index in [9.17, 15) is 4.79 Å². The van der Waals surface area contributed by atoms with Crippen molar-refractivity contribution < 1.29 is 9.53 Å². The van der Waals surface area contributed by atoms with Gasteiger partial charge in [-0.25, -0.2) is 0 Å². The summed E-state index contributed by atoms with van der Waals surface area (Å²) in [5.74, 6) is 1.49. The molecule has 122 valence electrons. The highest BCUT2D eigenvalue weighted by molar-refractivity contribution is 5.79. The van der Waals surface area contributed by atoms with Gasteiger partial charge in [0.1, 0.15) is 12.2 Å². The van der Waals surface area contributed by atoms with Crippen molar-refractivity contribution in [1.29, 1.82) is 0 Å². The van der Waals surface area contributed by atoms with Gasteiger partial charge in [0.25, 0.3) is 0 Å². The SMILES string of the molecule is Cc1nncn1CCN1CCC(C(=O)N2CCOCC2)CC1. The van der Waals surface area contributed by atoms with E-state index in [0.29, 0.717) is 19.1 Å². The van der Waals surface area contributed by atoms with Crippen LogP contribution in [0.1, 0.15) is 18.7 Å². The minimum absolute atomic E-state index is 0.200. The second kappa shape index (κ2) is 7.19. The van der Waals surface area contributed by atoms with Crippen molar-refractivity contribution in [3.8, 4) is 0 Å². The fraction of sp³-hybridized carbons (Fsp3) is 0.800. The first kappa shape index (κ1) is 15.4. The highest BCUT2D eigenvalue weighted by Crippen LogP contribution is 2.20. The quantitative estimate of drug-likeness (QED) is 0.793. The Labute approximate surface area is 131 Å². The average Bonchev–Trinajstić information content (AvgIpc) is 2.99. The van der Waals surface area contributed by atoms with Crippen molar-refractivity contribution in [1.82, 2.24) is 24.6 Å². The Morgan fingerprint density at radius 3 is 2.59 bits per heavy atom. The standard InChI is InChI=1S/C15H25N5O2/c1-13-17-16-12-20(13)7-6-18-4-2-14(3-5-18)15(21)19-8-10-22-11-9-19/h12,14H,2-11H2,1H3. The lowest BCUT2D eigenvalue weighted by Crippen LogP contribution is -2.47. The van der Waals surface area contributed by atoms with E-state index >= 15 is 0 Å². The van der Waals surface area contributed by atoms with Crippen molar-refractivity contribution in [2.75, 3.05) is 45.9 Å². The number of aryl methyl sites for hydroxylation is 1. The number of nitrogens with zero attached hydrogens (tertiary/aromatic N) is 5. The molecule has 2 aliphatic rings. The lowest BCUT2D eigenvalue weighted by atomic mass is 9.95. The Kier molecular flexibility index (Phi) is 5.04. The zero-order valence-corrected chi connectivity index (χ0v) is 13.3. The van der Waals surface area contributed by atoms with Crippen LogP contribution in [0.25, 0.3) is 0 Å². The number of hydrogen-bond donors (Lipinski definition) is 0. The third kappa shape index (κ3) is 3.64. The number of piperidine rings is 1. The van der Waals surface area contributed by atoms with Crippen LogP contribution in [0.2, 0.25) is 0 Å². The number of amides is 1. The number of morpholine rings is 1. The van der Waals surface area contributed by atoms with Crippen LogP contribution < -0.4 is 0 Å². The topological polar surface area (TPSA) is 63.5 Å². The van der Waals surface area contributed by atoms with E-state index in [1.54, 1.807) is 6.33 Å². The summed E-state index contributed by atoms with van der Waals surface area (Å²) in [4.78, 5) is 16.9. The average molecular weight is 307 g/mol. The number of ether oxygens (including phenoxy) is 1. The molecule has 0 radical (unpaired) electrons. The second-order valence-corrected chi connectivity index (χ2v) is 6.13. The maximum atomic E-state index is 12.5. The second-order valence-electron chi connectivity index (χ2n) is 6.13. The zero-order valence-electron chi connectivity index (χ0n) is 13.3. The summed E-state index contributed by atoms with van der Waals surface area (Å²) in [6.07, 6.45) is 3.72. The summed E-state index contributed by atoms with van der Waals surface area (Å²) in [6, 6.07) is 0. The van der Waals surface area contributed by atoms with Crippen LogP contribution in [-0.4, -0.2) is 76.4 Å². The molecule has 22 heavy (non-hydrogen) atoms. The van der Waals surface area contributed by atoms with Gasteiger partial charge in [-0.15, -0.1) is 10.2 Å². The molecule has 7 nitrogen and oxygen atoms in total. The number of hydrogen-bond acceptors (Lipinski definition) is 5. The van der Waals surface area contributed by atoms with Crippen LogP contribution in [0.15, 0.2) is 6.33 Å². The van der Waals surface area contributed by atoms with Crippen molar-refractivity contribution in [2.24, 2.45) is 5.92 Å². The van der Waals surface area contributed by atoms with Crippen LogP contribution in [0.3, 0.4) is 0 Å². The molecule has 3 rings (SSSR count). The fourth-order valence-electron chi connectivity index (χ4n) is 3.23. The molecule has 1 amide bonds. The van der Waals surface area contributed by atoms with Gasteiger partial charge in [0.05, 0.1) is 13.2 Å². The molecule has 0 unspecified atom stereocenters. The van der Waals surface area contributed by atoms with E-state index in [1.165, 1.54) is 0 Å². The zero-order chi connectivity index (χ0) is 15.4. The minimum Gasteiger partial charge on any atom is -0.378 e. The van der Waals surface area contributed by atoms with Crippen LogP contribution in [0.4, 0.5) is 0 Å². The van der Waals surface area contributed by atoms with Gasteiger partial charge in [-0.05, 0) is 32.9 Å². The molecule has 2 fully saturated rings. The first-order valence-corrected chi connectivity index (χ1v) is 8.17. The van der Waals surface area contributed by atoms with Gasteiger partial charge < -0.3 is 19.1 Å². The largest absolute Gasteiger partial charge is 0.378 e.